The SMILES string of the molecule is CCNC(=O)CN(CC)S(=O)(=O)c1ccc(C2CCCCC2)cc1. The smallest absolute Gasteiger partial charge is 0.243 e. The summed E-state index contributed by atoms with van der Waals surface area (Å²) in [6, 6.07) is 7.23. The number of likely N-dealkylation sites (N-methyl/N-ethyl adjacent to an activating group) is 2. The molecule has 1 amide bonds. The predicted octanol–water partition coefficient (Wildman–Crippen LogP) is 2.88. The molecule has 0 radical (unpaired) electrons. The molecule has 24 heavy (non-hydrogen) atoms. The highest BCUT2D eigenvalue weighted by Gasteiger charge is 2.25. The van der Waals surface area contributed by atoms with Crippen LogP contribution in [0.3, 0.4) is 0 Å². The minimum Gasteiger partial charge on any atom is -0.355 e. The van der Waals surface area contributed by atoms with Gasteiger partial charge in [-0.2, -0.15) is 4.31 Å². The average Bonchev–Trinajstić information content (AvgIpc) is 2.60. The molecular weight excluding hydrogens is 324 g/mol. The average molecular weight is 353 g/mol. The van der Waals surface area contributed by atoms with Crippen molar-refractivity contribution in [1.29, 1.82) is 0 Å². The number of carbonyl (C=O) groups is 1. The van der Waals surface area contributed by atoms with E-state index in [4.69, 9.17) is 0 Å². The van der Waals surface area contributed by atoms with Crippen molar-refractivity contribution in [3.8, 4) is 0 Å². The zero-order chi connectivity index (χ0) is 17.6. The molecule has 1 aromatic rings. The van der Waals surface area contributed by atoms with Gasteiger partial charge in [0, 0.05) is 13.1 Å². The number of nitrogens with one attached hydrogen (secondary N) is 1. The molecule has 1 saturated carbocycles. The normalized spacial score (nSPS) is 16.3. The van der Waals surface area contributed by atoms with Gasteiger partial charge >= 0.3 is 0 Å². The Balaban J connectivity index is 2.13. The summed E-state index contributed by atoms with van der Waals surface area (Å²) in [5.74, 6) is 0.273. The predicted molar refractivity (Wildman–Crippen MR) is 95.4 cm³/mol. The highest BCUT2D eigenvalue weighted by molar-refractivity contribution is 7.89. The molecule has 134 valence electrons. The Morgan fingerprint density at radius 3 is 2.29 bits per heavy atom. The van der Waals surface area contributed by atoms with E-state index in [0.717, 1.165) is 0 Å². The first-order chi connectivity index (χ1) is 11.5. The van der Waals surface area contributed by atoms with Crippen LogP contribution in [-0.2, 0) is 14.8 Å². The van der Waals surface area contributed by atoms with Crippen LogP contribution in [0, 0.1) is 0 Å². The lowest BCUT2D eigenvalue weighted by molar-refractivity contribution is -0.121. The second kappa shape index (κ2) is 8.62. The number of hydrogen-bond acceptors (Lipinski definition) is 3. The van der Waals surface area contributed by atoms with E-state index in [1.165, 1.54) is 42.0 Å². The van der Waals surface area contributed by atoms with Crippen molar-refractivity contribution >= 4 is 15.9 Å². The van der Waals surface area contributed by atoms with Crippen LogP contribution in [0.4, 0.5) is 0 Å². The molecule has 0 unspecified atom stereocenters. The Kier molecular flexibility index (Phi) is 6.80. The summed E-state index contributed by atoms with van der Waals surface area (Å²) in [6.45, 7) is 4.17. The molecule has 0 aromatic heterocycles. The fraction of sp³-hybridized carbons (Fsp3) is 0.611. The zero-order valence-electron chi connectivity index (χ0n) is 14.6. The quantitative estimate of drug-likeness (QED) is 0.820. The summed E-state index contributed by atoms with van der Waals surface area (Å²) in [7, 11) is -3.64. The third-order valence-electron chi connectivity index (χ3n) is 4.64. The van der Waals surface area contributed by atoms with Gasteiger partial charge in [0.1, 0.15) is 0 Å². The van der Waals surface area contributed by atoms with Crippen molar-refractivity contribution in [3.63, 3.8) is 0 Å². The first-order valence-corrected chi connectivity index (χ1v) is 10.3. The van der Waals surface area contributed by atoms with Crippen molar-refractivity contribution in [2.24, 2.45) is 0 Å². The third-order valence-corrected chi connectivity index (χ3v) is 6.58. The van der Waals surface area contributed by atoms with Crippen molar-refractivity contribution in [1.82, 2.24) is 9.62 Å². The molecule has 5 nitrogen and oxygen atoms in total. The van der Waals surface area contributed by atoms with E-state index in [-0.39, 0.29) is 23.9 Å². The molecule has 1 fully saturated rings. The van der Waals surface area contributed by atoms with Crippen molar-refractivity contribution < 1.29 is 13.2 Å². The molecule has 0 saturated heterocycles. The molecular formula is C18H28N2O3S. The Morgan fingerprint density at radius 1 is 1.12 bits per heavy atom. The first-order valence-electron chi connectivity index (χ1n) is 8.85. The minimum absolute atomic E-state index is 0.142. The van der Waals surface area contributed by atoms with Crippen molar-refractivity contribution in [3.05, 3.63) is 29.8 Å². The molecule has 0 spiro atoms. The van der Waals surface area contributed by atoms with Crippen LogP contribution in [0.15, 0.2) is 29.2 Å². The van der Waals surface area contributed by atoms with Gasteiger partial charge in [0.15, 0.2) is 0 Å². The van der Waals surface area contributed by atoms with E-state index >= 15 is 0 Å². The Hall–Kier alpha value is -1.40. The number of benzene rings is 1. The molecule has 0 heterocycles. The van der Waals surface area contributed by atoms with E-state index in [0.29, 0.717) is 12.5 Å². The molecule has 2 rings (SSSR count). The van der Waals surface area contributed by atoms with Gasteiger partial charge in [0.05, 0.1) is 11.4 Å². The van der Waals surface area contributed by atoms with Gasteiger partial charge in [0.25, 0.3) is 0 Å². The molecule has 6 heteroatoms. The van der Waals surface area contributed by atoms with Gasteiger partial charge in [-0.25, -0.2) is 8.42 Å². The second-order valence-corrected chi connectivity index (χ2v) is 8.23. The van der Waals surface area contributed by atoms with Crippen LogP contribution in [0.1, 0.15) is 57.4 Å². The summed E-state index contributed by atoms with van der Waals surface area (Å²) < 4.78 is 26.7. The number of nitrogens with zero attached hydrogens (tertiary/aromatic N) is 1. The van der Waals surface area contributed by atoms with Crippen LogP contribution < -0.4 is 5.32 Å². The zero-order valence-corrected chi connectivity index (χ0v) is 15.4. The van der Waals surface area contributed by atoms with E-state index in [1.54, 1.807) is 19.1 Å². The highest BCUT2D eigenvalue weighted by atomic mass is 32.2. The number of carbonyl (C=O) groups excluding carboxylic acids is 1. The fourth-order valence-corrected chi connectivity index (χ4v) is 4.68. The van der Waals surface area contributed by atoms with Crippen molar-refractivity contribution in [2.45, 2.75) is 56.8 Å². The first kappa shape index (κ1) is 18.9. The Labute approximate surface area is 145 Å². The summed E-state index contributed by atoms with van der Waals surface area (Å²) in [5.41, 5.74) is 1.22. The Morgan fingerprint density at radius 2 is 1.75 bits per heavy atom. The summed E-state index contributed by atoms with van der Waals surface area (Å²) in [6.07, 6.45) is 6.17. The molecule has 0 aliphatic heterocycles. The van der Waals surface area contributed by atoms with Gasteiger partial charge in [-0.05, 0) is 43.4 Å². The molecule has 1 N–H and O–H groups in total. The van der Waals surface area contributed by atoms with Crippen LogP contribution >= 0.6 is 0 Å². The maximum Gasteiger partial charge on any atom is 0.243 e. The van der Waals surface area contributed by atoms with Crippen LogP contribution in [-0.4, -0.2) is 38.3 Å². The summed E-state index contributed by atoms with van der Waals surface area (Å²) >= 11 is 0. The molecule has 1 aromatic carbocycles. The molecule has 1 aliphatic rings. The number of hydrogen-bond donors (Lipinski definition) is 1. The van der Waals surface area contributed by atoms with Gasteiger partial charge < -0.3 is 5.32 Å². The van der Waals surface area contributed by atoms with Crippen LogP contribution in [0.5, 0.6) is 0 Å². The van der Waals surface area contributed by atoms with Gasteiger partial charge in [0.2, 0.25) is 15.9 Å². The van der Waals surface area contributed by atoms with E-state index in [1.807, 2.05) is 19.1 Å². The molecule has 1 aliphatic carbocycles. The summed E-state index contributed by atoms with van der Waals surface area (Å²) in [4.78, 5) is 12.0. The van der Waals surface area contributed by atoms with E-state index in [2.05, 4.69) is 5.32 Å². The van der Waals surface area contributed by atoms with Gasteiger partial charge in [-0.15, -0.1) is 0 Å². The number of sulfonamides is 1. The van der Waals surface area contributed by atoms with Gasteiger partial charge in [-0.3, -0.25) is 4.79 Å². The monoisotopic (exact) mass is 352 g/mol. The third kappa shape index (κ3) is 4.57. The largest absolute Gasteiger partial charge is 0.355 e. The lowest BCUT2D eigenvalue weighted by Crippen LogP contribution is -2.40. The van der Waals surface area contributed by atoms with Crippen LogP contribution in [0.2, 0.25) is 0 Å². The lowest BCUT2D eigenvalue weighted by atomic mass is 9.84. The summed E-state index contributed by atoms with van der Waals surface area (Å²) in [5, 5.41) is 2.64. The maximum atomic E-state index is 12.7. The highest BCUT2D eigenvalue weighted by Crippen LogP contribution is 2.33. The molecule has 0 atom stereocenters. The maximum absolute atomic E-state index is 12.7. The standard InChI is InChI=1S/C18H28N2O3S/c1-3-19-18(21)14-20(4-2)24(22,23)17-12-10-16(11-13-17)15-8-6-5-7-9-15/h10-13,15H,3-9,14H2,1-2H3,(H,19,21). The fourth-order valence-electron chi connectivity index (χ4n) is 3.28. The second-order valence-electron chi connectivity index (χ2n) is 6.29. The minimum atomic E-state index is -3.64. The Bertz CT molecular complexity index is 635. The van der Waals surface area contributed by atoms with E-state index < -0.39 is 10.0 Å². The van der Waals surface area contributed by atoms with Crippen LogP contribution in [0.25, 0.3) is 0 Å². The number of rotatable bonds is 7. The molecule has 0 bridgehead atoms. The van der Waals surface area contributed by atoms with Crippen molar-refractivity contribution in [2.75, 3.05) is 19.6 Å². The number of amides is 1. The lowest BCUT2D eigenvalue weighted by Gasteiger charge is -2.23. The van der Waals surface area contributed by atoms with E-state index in [9.17, 15) is 13.2 Å². The van der Waals surface area contributed by atoms with Gasteiger partial charge in [-0.1, -0.05) is 38.3 Å². The topological polar surface area (TPSA) is 66.5 Å².